The molecule has 1 unspecified atom stereocenters. The summed E-state index contributed by atoms with van der Waals surface area (Å²) < 4.78 is 14.2. The van der Waals surface area contributed by atoms with Gasteiger partial charge < -0.3 is 10.6 Å². The summed E-state index contributed by atoms with van der Waals surface area (Å²) in [6.07, 6.45) is 3.17. The number of aromatic nitrogens is 1. The van der Waals surface area contributed by atoms with E-state index >= 15 is 0 Å². The summed E-state index contributed by atoms with van der Waals surface area (Å²) in [5.74, 6) is -0.363. The molecule has 0 radical (unpaired) electrons. The lowest BCUT2D eigenvalue weighted by Crippen LogP contribution is -2.34. The van der Waals surface area contributed by atoms with Crippen LogP contribution >= 0.6 is 0 Å². The maximum absolute atomic E-state index is 14.2. The Labute approximate surface area is 120 Å². The highest BCUT2D eigenvalue weighted by Crippen LogP contribution is 2.15. The van der Waals surface area contributed by atoms with E-state index in [1.54, 1.807) is 0 Å². The van der Waals surface area contributed by atoms with Gasteiger partial charge >= 0.3 is 0 Å². The fourth-order valence-electron chi connectivity index (χ4n) is 2.05. The molecule has 0 aliphatic rings. The highest BCUT2D eigenvalue weighted by atomic mass is 19.1. The lowest BCUT2D eigenvalue weighted by atomic mass is 10.0. The third-order valence-electron chi connectivity index (χ3n) is 2.88. The first-order valence-corrected chi connectivity index (χ1v) is 7.14. The number of nitrogens with one attached hydrogen (secondary N) is 2. The van der Waals surface area contributed by atoms with E-state index in [1.807, 2.05) is 13.8 Å². The molecule has 0 bridgehead atoms. The Morgan fingerprint density at radius 1 is 1.40 bits per heavy atom. The van der Waals surface area contributed by atoms with Gasteiger partial charge in [0.05, 0.1) is 5.56 Å². The Kier molecular flexibility index (Phi) is 6.42. The van der Waals surface area contributed by atoms with Gasteiger partial charge in [-0.25, -0.2) is 9.37 Å². The SMILES string of the molecule is CCCNc1nccc(C(=O)NC(C)CC(C)C)c1F. The molecule has 0 saturated carbocycles. The number of anilines is 1. The van der Waals surface area contributed by atoms with Crippen LogP contribution < -0.4 is 10.6 Å². The van der Waals surface area contributed by atoms with Gasteiger partial charge in [-0.3, -0.25) is 4.79 Å². The minimum Gasteiger partial charge on any atom is -0.368 e. The first-order valence-electron chi connectivity index (χ1n) is 7.14. The van der Waals surface area contributed by atoms with Gasteiger partial charge in [-0.15, -0.1) is 0 Å². The largest absolute Gasteiger partial charge is 0.368 e. The van der Waals surface area contributed by atoms with Gasteiger partial charge in [0.15, 0.2) is 11.6 Å². The molecule has 112 valence electrons. The average molecular weight is 281 g/mol. The van der Waals surface area contributed by atoms with Crippen molar-refractivity contribution in [1.82, 2.24) is 10.3 Å². The summed E-state index contributed by atoms with van der Waals surface area (Å²) in [5.41, 5.74) is 0.0363. The highest BCUT2D eigenvalue weighted by molar-refractivity contribution is 5.95. The maximum Gasteiger partial charge on any atom is 0.254 e. The van der Waals surface area contributed by atoms with Crippen molar-refractivity contribution in [2.75, 3.05) is 11.9 Å². The monoisotopic (exact) mass is 281 g/mol. The molecule has 0 fully saturated rings. The van der Waals surface area contributed by atoms with Gasteiger partial charge in [-0.05, 0) is 31.7 Å². The van der Waals surface area contributed by atoms with Crippen molar-refractivity contribution in [3.63, 3.8) is 0 Å². The Balaban J connectivity index is 2.77. The van der Waals surface area contributed by atoms with Crippen LogP contribution in [-0.2, 0) is 0 Å². The zero-order valence-electron chi connectivity index (χ0n) is 12.7. The number of carbonyl (C=O) groups is 1. The number of amides is 1. The van der Waals surface area contributed by atoms with Gasteiger partial charge in [0.1, 0.15) is 0 Å². The molecule has 0 spiro atoms. The van der Waals surface area contributed by atoms with E-state index in [2.05, 4.69) is 29.5 Å². The molecule has 0 aromatic carbocycles. The summed E-state index contributed by atoms with van der Waals surface area (Å²) >= 11 is 0. The van der Waals surface area contributed by atoms with Crippen LogP contribution in [0.3, 0.4) is 0 Å². The molecule has 1 atom stereocenters. The Bertz CT molecular complexity index is 449. The second-order valence-electron chi connectivity index (χ2n) is 5.45. The summed E-state index contributed by atoms with van der Waals surface area (Å²) in [5, 5.41) is 5.69. The molecule has 5 heteroatoms. The third kappa shape index (κ3) is 4.79. The van der Waals surface area contributed by atoms with Crippen LogP contribution in [0.25, 0.3) is 0 Å². The van der Waals surface area contributed by atoms with Crippen LogP contribution in [0, 0.1) is 11.7 Å². The van der Waals surface area contributed by atoms with E-state index < -0.39 is 11.7 Å². The molecular formula is C15H24FN3O. The van der Waals surface area contributed by atoms with Crippen molar-refractivity contribution < 1.29 is 9.18 Å². The summed E-state index contributed by atoms with van der Waals surface area (Å²) in [7, 11) is 0. The quantitative estimate of drug-likeness (QED) is 0.807. The van der Waals surface area contributed by atoms with E-state index in [0.29, 0.717) is 12.5 Å². The Morgan fingerprint density at radius 3 is 2.70 bits per heavy atom. The maximum atomic E-state index is 14.2. The van der Waals surface area contributed by atoms with Crippen LogP contribution in [0.5, 0.6) is 0 Å². The minimum atomic E-state index is -0.588. The minimum absolute atomic E-state index is 0.0158. The molecule has 2 N–H and O–H groups in total. The number of pyridine rings is 1. The van der Waals surface area contributed by atoms with Gasteiger partial charge in [-0.1, -0.05) is 20.8 Å². The molecule has 1 amide bonds. The number of rotatable bonds is 7. The Hall–Kier alpha value is -1.65. The van der Waals surface area contributed by atoms with E-state index in [4.69, 9.17) is 0 Å². The van der Waals surface area contributed by atoms with Gasteiger partial charge in [-0.2, -0.15) is 0 Å². The number of hydrogen-bond acceptors (Lipinski definition) is 3. The summed E-state index contributed by atoms with van der Waals surface area (Å²) in [6, 6.07) is 1.42. The lowest BCUT2D eigenvalue weighted by molar-refractivity contribution is 0.0932. The molecule has 1 aromatic rings. The zero-order chi connectivity index (χ0) is 15.1. The second kappa shape index (κ2) is 7.82. The van der Waals surface area contributed by atoms with E-state index in [9.17, 15) is 9.18 Å². The van der Waals surface area contributed by atoms with Crippen LogP contribution in [0.15, 0.2) is 12.3 Å². The molecule has 1 aromatic heterocycles. The number of halogens is 1. The first kappa shape index (κ1) is 16.4. The summed E-state index contributed by atoms with van der Waals surface area (Å²) in [6.45, 7) is 8.70. The van der Waals surface area contributed by atoms with Crippen molar-refractivity contribution >= 4 is 11.7 Å². The fourth-order valence-corrected chi connectivity index (χ4v) is 2.05. The van der Waals surface area contributed by atoms with E-state index in [1.165, 1.54) is 12.3 Å². The molecular weight excluding hydrogens is 257 g/mol. The van der Waals surface area contributed by atoms with Crippen LogP contribution in [0.1, 0.15) is 50.9 Å². The fraction of sp³-hybridized carbons (Fsp3) is 0.600. The van der Waals surface area contributed by atoms with Crippen molar-refractivity contribution in [3.8, 4) is 0 Å². The van der Waals surface area contributed by atoms with Crippen molar-refractivity contribution in [2.24, 2.45) is 5.92 Å². The van der Waals surface area contributed by atoms with Crippen molar-refractivity contribution in [1.29, 1.82) is 0 Å². The highest BCUT2D eigenvalue weighted by Gasteiger charge is 2.17. The topological polar surface area (TPSA) is 54.0 Å². The molecule has 0 saturated heterocycles. The summed E-state index contributed by atoms with van der Waals surface area (Å²) in [4.78, 5) is 16.0. The molecule has 20 heavy (non-hydrogen) atoms. The molecule has 0 aliphatic heterocycles. The van der Waals surface area contributed by atoms with Crippen molar-refractivity contribution in [3.05, 3.63) is 23.6 Å². The van der Waals surface area contributed by atoms with E-state index in [-0.39, 0.29) is 17.4 Å². The van der Waals surface area contributed by atoms with Crippen molar-refractivity contribution in [2.45, 2.75) is 46.6 Å². The number of hydrogen-bond donors (Lipinski definition) is 2. The first-order chi connectivity index (χ1) is 9.45. The Morgan fingerprint density at radius 2 is 2.10 bits per heavy atom. The average Bonchev–Trinajstić information content (AvgIpc) is 2.36. The standard InChI is InChI=1S/C15H24FN3O/c1-5-7-17-14-13(16)12(6-8-18-14)15(20)19-11(4)9-10(2)3/h6,8,10-11H,5,7,9H2,1-4H3,(H,17,18)(H,19,20). The van der Waals surface area contributed by atoms with Crippen LogP contribution in [0.2, 0.25) is 0 Å². The molecule has 4 nitrogen and oxygen atoms in total. The normalized spacial score (nSPS) is 12.3. The third-order valence-corrected chi connectivity index (χ3v) is 2.88. The number of carbonyl (C=O) groups excluding carboxylic acids is 1. The van der Waals surface area contributed by atoms with Gasteiger partial charge in [0, 0.05) is 18.8 Å². The molecule has 1 heterocycles. The van der Waals surface area contributed by atoms with Gasteiger partial charge in [0.2, 0.25) is 0 Å². The van der Waals surface area contributed by atoms with Gasteiger partial charge in [0.25, 0.3) is 5.91 Å². The smallest absolute Gasteiger partial charge is 0.254 e. The molecule has 1 rings (SSSR count). The predicted octanol–water partition coefficient (Wildman–Crippen LogP) is 3.21. The number of nitrogens with zero attached hydrogens (tertiary/aromatic N) is 1. The van der Waals surface area contributed by atoms with Crippen LogP contribution in [-0.4, -0.2) is 23.5 Å². The lowest BCUT2D eigenvalue weighted by Gasteiger charge is -2.16. The van der Waals surface area contributed by atoms with E-state index in [0.717, 1.165) is 12.8 Å². The zero-order valence-corrected chi connectivity index (χ0v) is 12.7. The second-order valence-corrected chi connectivity index (χ2v) is 5.45. The predicted molar refractivity (Wildman–Crippen MR) is 79.4 cm³/mol. The van der Waals surface area contributed by atoms with Crippen LogP contribution in [0.4, 0.5) is 10.2 Å². The molecule has 0 aliphatic carbocycles.